The zero-order valence-electron chi connectivity index (χ0n) is 12.9. The molecule has 0 bridgehead atoms. The van der Waals surface area contributed by atoms with Crippen molar-refractivity contribution in [1.82, 2.24) is 0 Å². The molecule has 22 heavy (non-hydrogen) atoms. The second-order valence-corrected chi connectivity index (χ2v) is 7.87. The zero-order valence-corrected chi connectivity index (χ0v) is 13.7. The van der Waals surface area contributed by atoms with Crippen LogP contribution in [0.1, 0.15) is 33.1 Å². The van der Waals surface area contributed by atoms with Crippen molar-refractivity contribution in [2.75, 3.05) is 0 Å². The van der Waals surface area contributed by atoms with Gasteiger partial charge in [0.15, 0.2) is 0 Å². The third-order valence-electron chi connectivity index (χ3n) is 4.13. The molecule has 1 saturated heterocycles. The molecule has 126 valence electrons. The Morgan fingerprint density at radius 3 is 2.73 bits per heavy atom. The van der Waals surface area contributed by atoms with Crippen molar-refractivity contribution < 1.29 is 24.9 Å². The summed E-state index contributed by atoms with van der Waals surface area (Å²) < 4.78 is 5.41. The summed E-state index contributed by atoms with van der Waals surface area (Å²) in [6.07, 6.45) is 1.56. The third-order valence-corrected chi connectivity index (χ3v) is 5.89. The van der Waals surface area contributed by atoms with Crippen molar-refractivity contribution in [1.29, 1.82) is 0 Å². The first-order valence-corrected chi connectivity index (χ1v) is 8.62. The van der Waals surface area contributed by atoms with Crippen LogP contribution >= 0.6 is 11.8 Å². The van der Waals surface area contributed by atoms with E-state index in [-0.39, 0.29) is 22.3 Å². The van der Waals surface area contributed by atoms with Gasteiger partial charge in [-0.1, -0.05) is 13.8 Å². The number of carboxylic acid groups (broad SMARTS) is 1. The lowest BCUT2D eigenvalue weighted by atomic mass is 9.94. The highest BCUT2D eigenvalue weighted by Crippen LogP contribution is 2.47. The fourth-order valence-corrected chi connectivity index (χ4v) is 4.20. The van der Waals surface area contributed by atoms with Crippen molar-refractivity contribution in [3.8, 4) is 0 Å². The number of rotatable bonds is 7. The summed E-state index contributed by atoms with van der Waals surface area (Å²) >= 11 is 1.44. The van der Waals surface area contributed by atoms with Crippen molar-refractivity contribution in [3.63, 3.8) is 0 Å². The van der Waals surface area contributed by atoms with E-state index in [4.69, 9.17) is 15.6 Å². The normalized spacial score (nSPS) is 33.3. The molecule has 2 aliphatic heterocycles. The molecule has 5 N–H and O–H groups in total. The van der Waals surface area contributed by atoms with Crippen LogP contribution in [0.4, 0.5) is 0 Å². The van der Waals surface area contributed by atoms with E-state index in [0.29, 0.717) is 12.3 Å². The number of fused-ring (bicyclic) bond motifs is 1. The lowest BCUT2D eigenvalue weighted by Gasteiger charge is -2.49. The lowest BCUT2D eigenvalue weighted by molar-refractivity contribution is -0.139. The lowest BCUT2D eigenvalue weighted by Crippen LogP contribution is -2.59. The van der Waals surface area contributed by atoms with Crippen molar-refractivity contribution in [3.05, 3.63) is 11.8 Å². The van der Waals surface area contributed by atoms with Crippen LogP contribution in [0.5, 0.6) is 0 Å². The van der Waals surface area contributed by atoms with E-state index in [0.717, 1.165) is 12.8 Å². The summed E-state index contributed by atoms with van der Waals surface area (Å²) in [7, 11) is 0. The maximum Gasteiger partial charge on any atom is 0.370 e. The van der Waals surface area contributed by atoms with E-state index < -0.39 is 24.3 Å². The Morgan fingerprint density at radius 2 is 2.14 bits per heavy atom. The second-order valence-electron chi connectivity index (χ2n) is 6.51. The molecule has 0 saturated carbocycles. The number of ether oxygens (including phenoxy) is 1. The van der Waals surface area contributed by atoms with Crippen molar-refractivity contribution in [2.24, 2.45) is 11.7 Å². The van der Waals surface area contributed by atoms with Gasteiger partial charge >= 0.3 is 5.97 Å². The Bertz CT molecular complexity index is 442. The molecule has 0 spiro atoms. The van der Waals surface area contributed by atoms with Crippen LogP contribution in [0, 0.1) is 5.92 Å². The fourth-order valence-electron chi connectivity index (χ4n) is 2.82. The summed E-state index contributed by atoms with van der Waals surface area (Å²) in [5.41, 5.74) is 6.05. The van der Waals surface area contributed by atoms with Gasteiger partial charge in [-0.25, -0.2) is 4.79 Å². The molecule has 2 heterocycles. The van der Waals surface area contributed by atoms with Gasteiger partial charge in [0.05, 0.1) is 22.7 Å². The van der Waals surface area contributed by atoms with Gasteiger partial charge in [-0.3, -0.25) is 0 Å². The van der Waals surface area contributed by atoms with Gasteiger partial charge < -0.3 is 25.8 Å². The van der Waals surface area contributed by atoms with Gasteiger partial charge in [-0.2, -0.15) is 0 Å². The standard InChI is InChI=1S/C15H25NO5S/c1-7(2)3-4-8(16)5-9(17)13-12-14(22-13)10(18)6-11(21-12)15(19)20/h6-10,12-14,17-18H,3-5,16H2,1-2H3,(H,19,20). The van der Waals surface area contributed by atoms with Crippen molar-refractivity contribution in [2.45, 2.75) is 68.0 Å². The molecule has 6 unspecified atom stereocenters. The molecular weight excluding hydrogens is 306 g/mol. The van der Waals surface area contributed by atoms with Gasteiger partial charge in [-0.15, -0.1) is 11.8 Å². The summed E-state index contributed by atoms with van der Waals surface area (Å²) in [6.45, 7) is 4.26. The fraction of sp³-hybridized carbons (Fsp3) is 0.800. The molecule has 2 aliphatic rings. The number of carbonyl (C=O) groups is 1. The predicted octanol–water partition coefficient (Wildman–Crippen LogP) is 0.713. The number of aliphatic carboxylic acids is 1. The van der Waals surface area contributed by atoms with Gasteiger partial charge in [0.2, 0.25) is 5.76 Å². The average Bonchev–Trinajstić information content (AvgIpc) is 2.38. The van der Waals surface area contributed by atoms with E-state index >= 15 is 0 Å². The topological polar surface area (TPSA) is 113 Å². The minimum atomic E-state index is -1.20. The minimum Gasteiger partial charge on any atom is -0.481 e. The van der Waals surface area contributed by atoms with Crippen molar-refractivity contribution >= 4 is 17.7 Å². The summed E-state index contributed by atoms with van der Waals surface area (Å²) in [5, 5.41) is 28.8. The molecule has 0 radical (unpaired) electrons. The first-order chi connectivity index (χ1) is 10.3. The summed E-state index contributed by atoms with van der Waals surface area (Å²) in [6, 6.07) is -0.0833. The molecule has 0 aromatic heterocycles. The summed E-state index contributed by atoms with van der Waals surface area (Å²) in [5.74, 6) is -0.864. The number of aliphatic hydroxyl groups excluding tert-OH is 2. The van der Waals surface area contributed by atoms with Gasteiger partial charge in [-0.05, 0) is 31.3 Å². The van der Waals surface area contributed by atoms with Crippen LogP contribution in [0.2, 0.25) is 0 Å². The second kappa shape index (κ2) is 7.21. The van der Waals surface area contributed by atoms with Crippen LogP contribution in [0.3, 0.4) is 0 Å². The Hall–Kier alpha value is -0.760. The highest BCUT2D eigenvalue weighted by molar-refractivity contribution is 8.02. The minimum absolute atomic E-state index is 0.0833. The van der Waals surface area contributed by atoms with Crippen LogP contribution in [0.15, 0.2) is 11.8 Å². The number of aliphatic hydroxyl groups is 2. The largest absolute Gasteiger partial charge is 0.481 e. The third kappa shape index (κ3) is 3.95. The van der Waals surface area contributed by atoms with E-state index in [9.17, 15) is 15.0 Å². The number of nitrogens with two attached hydrogens (primary N) is 1. The molecule has 6 nitrogen and oxygen atoms in total. The molecule has 0 aromatic rings. The highest BCUT2D eigenvalue weighted by atomic mass is 32.2. The number of thioether (sulfide) groups is 1. The van der Waals surface area contributed by atoms with Crippen LogP contribution in [-0.2, 0) is 9.53 Å². The molecule has 0 amide bonds. The van der Waals surface area contributed by atoms with E-state index in [1.54, 1.807) is 0 Å². The van der Waals surface area contributed by atoms with E-state index in [1.165, 1.54) is 17.8 Å². The monoisotopic (exact) mass is 331 g/mol. The van der Waals surface area contributed by atoms with E-state index in [1.807, 2.05) is 0 Å². The smallest absolute Gasteiger partial charge is 0.370 e. The quantitative estimate of drug-likeness (QED) is 0.543. The van der Waals surface area contributed by atoms with Gasteiger partial charge in [0.25, 0.3) is 0 Å². The first-order valence-electron chi connectivity index (χ1n) is 7.68. The molecule has 0 aromatic carbocycles. The maximum atomic E-state index is 11.0. The Morgan fingerprint density at radius 1 is 1.45 bits per heavy atom. The first kappa shape index (κ1) is 17.6. The molecule has 7 heteroatoms. The van der Waals surface area contributed by atoms with Crippen LogP contribution in [-0.4, -0.2) is 56.1 Å². The summed E-state index contributed by atoms with van der Waals surface area (Å²) in [4.78, 5) is 11.0. The van der Waals surface area contributed by atoms with E-state index in [2.05, 4.69) is 13.8 Å². The predicted molar refractivity (Wildman–Crippen MR) is 84.4 cm³/mol. The zero-order chi connectivity index (χ0) is 16.4. The Kier molecular flexibility index (Phi) is 5.76. The molecule has 1 fully saturated rings. The Labute approximate surface area is 134 Å². The molecular formula is C15H25NO5S. The maximum absolute atomic E-state index is 11.0. The van der Waals surface area contributed by atoms with Gasteiger partial charge in [0.1, 0.15) is 6.10 Å². The molecule has 2 rings (SSSR count). The molecule has 0 aliphatic carbocycles. The SMILES string of the molecule is CC(C)CCC(N)CC(O)C1SC2C(O)C=C(C(=O)O)OC21. The highest BCUT2D eigenvalue weighted by Gasteiger charge is 2.53. The van der Waals surface area contributed by atoms with Crippen LogP contribution < -0.4 is 5.73 Å². The Balaban J connectivity index is 1.87. The average molecular weight is 331 g/mol. The molecule has 6 atom stereocenters. The number of hydrogen-bond acceptors (Lipinski definition) is 6. The number of hydrogen-bond donors (Lipinski definition) is 4. The van der Waals surface area contributed by atoms with Crippen LogP contribution in [0.25, 0.3) is 0 Å². The number of carboxylic acids is 1. The van der Waals surface area contributed by atoms with Gasteiger partial charge in [0, 0.05) is 6.04 Å².